The summed E-state index contributed by atoms with van der Waals surface area (Å²) in [5.41, 5.74) is 9.95. The van der Waals surface area contributed by atoms with Crippen molar-refractivity contribution in [3.63, 3.8) is 0 Å². The van der Waals surface area contributed by atoms with Gasteiger partial charge in [-0.2, -0.15) is 0 Å². The maximum Gasteiger partial charge on any atom is 0.269 e. The lowest BCUT2D eigenvalue weighted by atomic mass is 10.2. The number of carbonyl (C=O) groups excluding carboxylic acids is 3. The first-order valence-electron chi connectivity index (χ1n) is 10.1. The predicted octanol–water partition coefficient (Wildman–Crippen LogP) is 1.43. The largest absolute Gasteiger partial charge is 0.497 e. The SMILES string of the molecule is COc1ccc(NS(=O)(=O)c2cccc(C(=O)NNC(=O)c3cccc(OCC(N)=O)c3)c2)cc1. The zero-order valence-electron chi connectivity index (χ0n) is 18.5. The van der Waals surface area contributed by atoms with Crippen molar-refractivity contribution in [3.8, 4) is 11.5 Å². The molecule has 0 saturated carbocycles. The lowest BCUT2D eigenvalue weighted by Gasteiger charge is -2.11. The van der Waals surface area contributed by atoms with Crippen LogP contribution in [-0.2, 0) is 14.8 Å². The number of sulfonamides is 1. The topological polar surface area (TPSA) is 166 Å². The highest BCUT2D eigenvalue weighted by molar-refractivity contribution is 7.92. The molecule has 3 amide bonds. The van der Waals surface area contributed by atoms with Gasteiger partial charge >= 0.3 is 0 Å². The van der Waals surface area contributed by atoms with Crippen molar-refractivity contribution in [2.45, 2.75) is 4.90 Å². The summed E-state index contributed by atoms with van der Waals surface area (Å²) in [5.74, 6) is -1.26. The lowest BCUT2D eigenvalue weighted by molar-refractivity contribution is -0.119. The predicted molar refractivity (Wildman–Crippen MR) is 126 cm³/mol. The van der Waals surface area contributed by atoms with E-state index in [4.69, 9.17) is 15.2 Å². The number of nitrogens with two attached hydrogens (primary N) is 1. The molecule has 5 N–H and O–H groups in total. The third-order valence-corrected chi connectivity index (χ3v) is 5.89. The Bertz CT molecular complexity index is 1340. The monoisotopic (exact) mass is 498 g/mol. The minimum Gasteiger partial charge on any atom is -0.497 e. The van der Waals surface area contributed by atoms with Gasteiger partial charge < -0.3 is 15.2 Å². The Balaban J connectivity index is 1.65. The summed E-state index contributed by atoms with van der Waals surface area (Å²) < 4.78 is 38.1. The third kappa shape index (κ3) is 6.95. The highest BCUT2D eigenvalue weighted by Crippen LogP contribution is 2.20. The lowest BCUT2D eigenvalue weighted by Crippen LogP contribution is -2.41. The molecule has 0 aliphatic heterocycles. The van der Waals surface area contributed by atoms with E-state index < -0.39 is 27.7 Å². The number of benzene rings is 3. The van der Waals surface area contributed by atoms with Gasteiger partial charge in [0, 0.05) is 16.8 Å². The zero-order valence-corrected chi connectivity index (χ0v) is 19.3. The number of hydrogen-bond donors (Lipinski definition) is 4. The van der Waals surface area contributed by atoms with Gasteiger partial charge in [0.05, 0.1) is 12.0 Å². The van der Waals surface area contributed by atoms with E-state index in [9.17, 15) is 22.8 Å². The van der Waals surface area contributed by atoms with E-state index in [2.05, 4.69) is 15.6 Å². The Morgan fingerprint density at radius 2 is 1.43 bits per heavy atom. The number of hydrazine groups is 1. The number of carbonyl (C=O) groups is 3. The van der Waals surface area contributed by atoms with Gasteiger partial charge in [-0.25, -0.2) is 8.42 Å². The van der Waals surface area contributed by atoms with Crippen molar-refractivity contribution < 1.29 is 32.3 Å². The molecular formula is C23H22N4O7S. The van der Waals surface area contributed by atoms with Crippen molar-refractivity contribution in [2.75, 3.05) is 18.4 Å². The maximum atomic E-state index is 12.7. The van der Waals surface area contributed by atoms with E-state index >= 15 is 0 Å². The number of anilines is 1. The molecule has 0 aliphatic rings. The Labute approximate surface area is 201 Å². The molecule has 0 aromatic heterocycles. The molecule has 0 unspecified atom stereocenters. The second-order valence-corrected chi connectivity index (χ2v) is 8.74. The highest BCUT2D eigenvalue weighted by atomic mass is 32.2. The molecule has 3 aromatic rings. The number of ether oxygens (including phenoxy) is 2. The number of amides is 3. The summed E-state index contributed by atoms with van der Waals surface area (Å²) in [4.78, 5) is 35.5. The summed E-state index contributed by atoms with van der Waals surface area (Å²) in [6, 6.07) is 17.5. The van der Waals surface area contributed by atoms with Crippen molar-refractivity contribution in [2.24, 2.45) is 5.73 Å². The van der Waals surface area contributed by atoms with Crippen LogP contribution in [-0.4, -0.2) is 39.9 Å². The van der Waals surface area contributed by atoms with Crippen LogP contribution in [0, 0.1) is 0 Å². The van der Waals surface area contributed by atoms with Crippen molar-refractivity contribution in [3.05, 3.63) is 83.9 Å². The normalized spacial score (nSPS) is 10.7. The first kappa shape index (κ1) is 25.1. The molecule has 0 bridgehead atoms. The fraction of sp³-hybridized carbons (Fsp3) is 0.0870. The summed E-state index contributed by atoms with van der Waals surface area (Å²) in [5, 5.41) is 0. The number of primary amides is 1. The summed E-state index contributed by atoms with van der Waals surface area (Å²) in [6.07, 6.45) is 0. The van der Waals surface area contributed by atoms with Crippen molar-refractivity contribution >= 4 is 33.4 Å². The van der Waals surface area contributed by atoms with Crippen LogP contribution in [0.2, 0.25) is 0 Å². The number of nitrogens with one attached hydrogen (secondary N) is 3. The van der Waals surface area contributed by atoms with E-state index in [-0.39, 0.29) is 28.4 Å². The Kier molecular flexibility index (Phi) is 7.89. The molecule has 0 saturated heterocycles. The fourth-order valence-electron chi connectivity index (χ4n) is 2.82. The minimum atomic E-state index is -3.98. The van der Waals surface area contributed by atoms with Crippen LogP contribution in [0.25, 0.3) is 0 Å². The maximum absolute atomic E-state index is 12.7. The van der Waals surface area contributed by atoms with Gasteiger partial charge in [0.1, 0.15) is 11.5 Å². The van der Waals surface area contributed by atoms with Gasteiger partial charge in [0.2, 0.25) is 0 Å². The van der Waals surface area contributed by atoms with Crippen LogP contribution in [0.1, 0.15) is 20.7 Å². The quantitative estimate of drug-likeness (QED) is 0.324. The van der Waals surface area contributed by atoms with Gasteiger partial charge in [-0.3, -0.25) is 30.0 Å². The van der Waals surface area contributed by atoms with E-state index in [0.717, 1.165) is 0 Å². The first-order chi connectivity index (χ1) is 16.7. The molecule has 0 spiro atoms. The molecular weight excluding hydrogens is 476 g/mol. The Hall–Kier alpha value is -4.58. The van der Waals surface area contributed by atoms with Crippen LogP contribution in [0.3, 0.4) is 0 Å². The van der Waals surface area contributed by atoms with Crippen LogP contribution in [0.4, 0.5) is 5.69 Å². The molecule has 0 heterocycles. The summed E-state index contributed by atoms with van der Waals surface area (Å²) in [6.45, 7) is -0.353. The summed E-state index contributed by atoms with van der Waals surface area (Å²) >= 11 is 0. The smallest absolute Gasteiger partial charge is 0.269 e. The molecule has 0 radical (unpaired) electrons. The molecule has 11 nitrogen and oxygen atoms in total. The Morgan fingerprint density at radius 1 is 0.829 bits per heavy atom. The van der Waals surface area contributed by atoms with Crippen molar-refractivity contribution in [1.82, 2.24) is 10.9 Å². The second kappa shape index (κ2) is 11.0. The molecule has 182 valence electrons. The van der Waals surface area contributed by atoms with Crippen LogP contribution < -0.4 is 30.8 Å². The zero-order chi connectivity index (χ0) is 25.4. The molecule has 3 aromatic carbocycles. The van der Waals surface area contributed by atoms with Gasteiger partial charge in [-0.05, 0) is 60.7 Å². The van der Waals surface area contributed by atoms with Gasteiger partial charge in [0.15, 0.2) is 6.61 Å². The van der Waals surface area contributed by atoms with Gasteiger partial charge in [-0.15, -0.1) is 0 Å². The first-order valence-corrected chi connectivity index (χ1v) is 11.5. The van der Waals surface area contributed by atoms with Gasteiger partial charge in [-0.1, -0.05) is 12.1 Å². The molecule has 3 rings (SSSR count). The standard InChI is InChI=1S/C23H22N4O7S/c1-33-18-10-8-17(9-11-18)27-35(31,32)20-7-3-5-16(13-20)23(30)26-25-22(29)15-4-2-6-19(12-15)34-14-21(24)28/h2-13,27H,14H2,1H3,(H2,24,28)(H,25,29)(H,26,30). The van der Waals surface area contributed by atoms with Crippen LogP contribution in [0.5, 0.6) is 11.5 Å². The molecule has 35 heavy (non-hydrogen) atoms. The molecule has 0 aliphatic carbocycles. The number of hydrogen-bond acceptors (Lipinski definition) is 7. The number of methoxy groups -OCH3 is 1. The van der Waals surface area contributed by atoms with Gasteiger partial charge in [0.25, 0.3) is 27.7 Å². The highest BCUT2D eigenvalue weighted by Gasteiger charge is 2.17. The average molecular weight is 499 g/mol. The average Bonchev–Trinajstić information content (AvgIpc) is 2.86. The van der Waals surface area contributed by atoms with Crippen LogP contribution >= 0.6 is 0 Å². The third-order valence-electron chi connectivity index (χ3n) is 4.52. The van der Waals surface area contributed by atoms with Crippen LogP contribution in [0.15, 0.2) is 77.7 Å². The Morgan fingerprint density at radius 3 is 2.03 bits per heavy atom. The van der Waals surface area contributed by atoms with Crippen molar-refractivity contribution in [1.29, 1.82) is 0 Å². The fourth-order valence-corrected chi connectivity index (χ4v) is 3.92. The van der Waals surface area contributed by atoms with E-state index in [1.54, 1.807) is 12.1 Å². The van der Waals surface area contributed by atoms with E-state index in [0.29, 0.717) is 11.4 Å². The summed E-state index contributed by atoms with van der Waals surface area (Å²) in [7, 11) is -2.49. The van der Waals surface area contributed by atoms with E-state index in [1.807, 2.05) is 0 Å². The number of rotatable bonds is 9. The minimum absolute atomic E-state index is 0.00134. The van der Waals surface area contributed by atoms with E-state index in [1.165, 1.54) is 67.8 Å². The molecule has 12 heteroatoms. The molecule has 0 fully saturated rings. The molecule has 0 atom stereocenters. The second-order valence-electron chi connectivity index (χ2n) is 7.05.